The van der Waals surface area contributed by atoms with Crippen LogP contribution >= 0.6 is 0 Å². The maximum Gasteiger partial charge on any atom is 0.295 e. The highest BCUT2D eigenvalue weighted by atomic mass is 16.5. The van der Waals surface area contributed by atoms with Gasteiger partial charge in [-0.15, -0.1) is 0 Å². The summed E-state index contributed by atoms with van der Waals surface area (Å²) in [5.74, 6) is -0.772. The molecule has 1 atom stereocenters. The molecule has 1 unspecified atom stereocenters. The molecule has 1 aliphatic heterocycles. The summed E-state index contributed by atoms with van der Waals surface area (Å²) in [4.78, 5) is 31.4. The zero-order chi connectivity index (χ0) is 23.3. The molecule has 3 rings (SSSR count). The number of rotatable bonds is 9. The number of ether oxygens (including phenoxy) is 3. The highest BCUT2D eigenvalue weighted by molar-refractivity contribution is 6.46. The minimum atomic E-state index is -0.733. The van der Waals surface area contributed by atoms with Gasteiger partial charge in [-0.05, 0) is 56.2 Å². The van der Waals surface area contributed by atoms with Gasteiger partial charge < -0.3 is 24.2 Å². The van der Waals surface area contributed by atoms with Crippen LogP contribution in [-0.2, 0) is 14.3 Å². The summed E-state index contributed by atoms with van der Waals surface area (Å²) in [5.41, 5.74) is 1.06. The number of ketones is 1. The van der Waals surface area contributed by atoms with Crippen LogP contribution in [0.2, 0.25) is 0 Å². The number of aromatic nitrogens is 1. The fourth-order valence-corrected chi connectivity index (χ4v) is 3.70. The molecule has 1 saturated heterocycles. The zero-order valence-corrected chi connectivity index (χ0v) is 18.7. The summed E-state index contributed by atoms with van der Waals surface area (Å²) in [5, 5.41) is 11.1. The SMILES string of the molecule is COc1ccc(/C(O)=C2/C(=O)C(=O)N(CCCOC(C)C)C2c2ccncc2)cc1OC. The molecule has 8 nitrogen and oxygen atoms in total. The number of hydrogen-bond donors (Lipinski definition) is 1. The predicted octanol–water partition coefficient (Wildman–Crippen LogP) is 3.34. The van der Waals surface area contributed by atoms with E-state index in [4.69, 9.17) is 14.2 Å². The molecule has 1 aromatic heterocycles. The van der Waals surface area contributed by atoms with E-state index in [2.05, 4.69) is 4.98 Å². The Bertz CT molecular complexity index is 1000. The van der Waals surface area contributed by atoms with E-state index in [1.165, 1.54) is 19.1 Å². The van der Waals surface area contributed by atoms with Crippen molar-refractivity contribution in [2.75, 3.05) is 27.4 Å². The number of benzene rings is 1. The second kappa shape index (κ2) is 10.3. The number of amides is 1. The van der Waals surface area contributed by atoms with Crippen LogP contribution in [0.15, 0.2) is 48.3 Å². The van der Waals surface area contributed by atoms with Gasteiger partial charge in [-0.1, -0.05) is 0 Å². The molecule has 170 valence electrons. The maximum atomic E-state index is 13.0. The highest BCUT2D eigenvalue weighted by Gasteiger charge is 2.45. The molecule has 2 aromatic rings. The first-order valence-corrected chi connectivity index (χ1v) is 10.4. The summed E-state index contributed by atoms with van der Waals surface area (Å²) in [6, 6.07) is 7.55. The third-order valence-corrected chi connectivity index (χ3v) is 5.21. The summed E-state index contributed by atoms with van der Waals surface area (Å²) in [6.07, 6.45) is 3.82. The summed E-state index contributed by atoms with van der Waals surface area (Å²) >= 11 is 0. The van der Waals surface area contributed by atoms with Gasteiger partial charge in [-0.2, -0.15) is 0 Å². The van der Waals surface area contributed by atoms with Crippen molar-refractivity contribution in [2.45, 2.75) is 32.4 Å². The van der Waals surface area contributed by atoms with Crippen LogP contribution in [0.25, 0.3) is 5.76 Å². The lowest BCUT2D eigenvalue weighted by atomic mass is 9.96. The van der Waals surface area contributed by atoms with Crippen molar-refractivity contribution in [2.24, 2.45) is 0 Å². The number of aliphatic hydroxyl groups is 1. The van der Waals surface area contributed by atoms with Crippen molar-refractivity contribution in [3.05, 3.63) is 59.4 Å². The number of hydrogen-bond acceptors (Lipinski definition) is 7. The fraction of sp³-hybridized carbons (Fsp3) is 0.375. The van der Waals surface area contributed by atoms with E-state index >= 15 is 0 Å². The smallest absolute Gasteiger partial charge is 0.295 e. The fourth-order valence-electron chi connectivity index (χ4n) is 3.70. The number of pyridine rings is 1. The third kappa shape index (κ3) is 4.75. The Morgan fingerprint density at radius 2 is 1.78 bits per heavy atom. The third-order valence-electron chi connectivity index (χ3n) is 5.21. The van der Waals surface area contributed by atoms with Gasteiger partial charge in [0.25, 0.3) is 11.7 Å². The normalized spacial score (nSPS) is 17.8. The number of carbonyl (C=O) groups is 2. The van der Waals surface area contributed by atoms with Crippen molar-refractivity contribution in [3.63, 3.8) is 0 Å². The molecule has 0 spiro atoms. The standard InChI is InChI=1S/C24H28N2O6/c1-15(2)32-13-5-12-26-21(16-8-10-25-11-9-16)20(23(28)24(26)29)22(27)17-6-7-18(30-3)19(14-17)31-4/h6-11,14-15,21,27H,5,12-13H2,1-4H3/b22-20-. The lowest BCUT2D eigenvalue weighted by Gasteiger charge is -2.25. The van der Waals surface area contributed by atoms with Crippen molar-refractivity contribution in [1.82, 2.24) is 9.88 Å². The lowest BCUT2D eigenvalue weighted by Crippen LogP contribution is -2.31. The molecule has 2 heterocycles. The van der Waals surface area contributed by atoms with Crippen LogP contribution in [0, 0.1) is 0 Å². The van der Waals surface area contributed by atoms with Gasteiger partial charge in [-0.25, -0.2) is 0 Å². The van der Waals surface area contributed by atoms with Crippen LogP contribution in [0.1, 0.15) is 37.4 Å². The zero-order valence-electron chi connectivity index (χ0n) is 18.7. The van der Waals surface area contributed by atoms with Gasteiger partial charge in [0.15, 0.2) is 11.5 Å². The molecule has 0 bridgehead atoms. The summed E-state index contributed by atoms with van der Waals surface area (Å²) in [7, 11) is 2.99. The number of methoxy groups -OCH3 is 2. The van der Waals surface area contributed by atoms with E-state index < -0.39 is 17.7 Å². The van der Waals surface area contributed by atoms with E-state index in [1.54, 1.807) is 42.7 Å². The van der Waals surface area contributed by atoms with E-state index in [0.29, 0.717) is 42.2 Å². The van der Waals surface area contributed by atoms with Crippen molar-refractivity contribution >= 4 is 17.4 Å². The Morgan fingerprint density at radius 1 is 1.09 bits per heavy atom. The Labute approximate surface area is 187 Å². The number of carbonyl (C=O) groups excluding carboxylic acids is 2. The largest absolute Gasteiger partial charge is 0.507 e. The minimum Gasteiger partial charge on any atom is -0.507 e. The van der Waals surface area contributed by atoms with Gasteiger partial charge >= 0.3 is 0 Å². The first kappa shape index (κ1) is 23.3. The topological polar surface area (TPSA) is 98.2 Å². The van der Waals surface area contributed by atoms with Gasteiger partial charge in [-0.3, -0.25) is 14.6 Å². The second-order valence-corrected chi connectivity index (χ2v) is 7.62. The quantitative estimate of drug-likeness (QED) is 0.276. The van der Waals surface area contributed by atoms with Crippen LogP contribution in [0.3, 0.4) is 0 Å². The molecule has 0 aliphatic carbocycles. The van der Waals surface area contributed by atoms with Crippen LogP contribution in [0.5, 0.6) is 11.5 Å². The molecule has 32 heavy (non-hydrogen) atoms. The number of aliphatic hydroxyl groups excluding tert-OH is 1. The van der Waals surface area contributed by atoms with Crippen LogP contribution < -0.4 is 9.47 Å². The molecular weight excluding hydrogens is 412 g/mol. The second-order valence-electron chi connectivity index (χ2n) is 7.62. The molecule has 1 aliphatic rings. The highest BCUT2D eigenvalue weighted by Crippen LogP contribution is 2.40. The Kier molecular flexibility index (Phi) is 7.48. The van der Waals surface area contributed by atoms with E-state index in [0.717, 1.165) is 0 Å². The first-order chi connectivity index (χ1) is 15.4. The van der Waals surface area contributed by atoms with Crippen molar-refractivity contribution in [1.29, 1.82) is 0 Å². The molecule has 1 amide bonds. The van der Waals surface area contributed by atoms with Gasteiger partial charge in [0.1, 0.15) is 5.76 Å². The maximum absolute atomic E-state index is 13.0. The Hall–Kier alpha value is -3.39. The lowest BCUT2D eigenvalue weighted by molar-refractivity contribution is -0.140. The molecule has 0 radical (unpaired) electrons. The van der Waals surface area contributed by atoms with Crippen LogP contribution in [-0.4, -0.2) is 60.2 Å². The van der Waals surface area contributed by atoms with E-state index in [9.17, 15) is 14.7 Å². The molecular formula is C24H28N2O6. The van der Waals surface area contributed by atoms with Gasteiger partial charge in [0.05, 0.1) is 31.9 Å². The molecule has 0 saturated carbocycles. The number of nitrogens with zero attached hydrogens (tertiary/aromatic N) is 2. The van der Waals surface area contributed by atoms with Gasteiger partial charge in [0, 0.05) is 31.1 Å². The van der Waals surface area contributed by atoms with Crippen molar-refractivity contribution < 1.29 is 28.9 Å². The van der Waals surface area contributed by atoms with Crippen molar-refractivity contribution in [3.8, 4) is 11.5 Å². The average molecular weight is 440 g/mol. The van der Waals surface area contributed by atoms with E-state index in [1.807, 2.05) is 13.8 Å². The summed E-state index contributed by atoms with van der Waals surface area (Å²) in [6.45, 7) is 4.64. The summed E-state index contributed by atoms with van der Waals surface area (Å²) < 4.78 is 16.1. The predicted molar refractivity (Wildman–Crippen MR) is 118 cm³/mol. The van der Waals surface area contributed by atoms with Gasteiger partial charge in [0.2, 0.25) is 0 Å². The monoisotopic (exact) mass is 440 g/mol. The Balaban J connectivity index is 2.04. The molecule has 1 N–H and O–H groups in total. The Morgan fingerprint density at radius 3 is 2.41 bits per heavy atom. The molecule has 1 fully saturated rings. The first-order valence-electron chi connectivity index (χ1n) is 10.4. The molecule has 1 aromatic carbocycles. The average Bonchev–Trinajstić information content (AvgIpc) is 3.06. The van der Waals surface area contributed by atoms with Crippen LogP contribution in [0.4, 0.5) is 0 Å². The number of Topliss-reactive ketones (excluding diaryl/α,β-unsaturated/α-hetero) is 1. The van der Waals surface area contributed by atoms with E-state index in [-0.39, 0.29) is 17.4 Å². The number of likely N-dealkylation sites (tertiary alicyclic amines) is 1. The molecule has 8 heteroatoms. The minimum absolute atomic E-state index is 0.0261.